The Hall–Kier alpha value is -1.87. The van der Waals surface area contributed by atoms with Crippen molar-refractivity contribution in [2.45, 2.75) is 18.7 Å². The van der Waals surface area contributed by atoms with E-state index in [1.54, 1.807) is 0 Å². The van der Waals surface area contributed by atoms with Crippen LogP contribution in [-0.4, -0.2) is 10.1 Å². The minimum Gasteiger partial charge on any atom is -0.334 e. The van der Waals surface area contributed by atoms with Gasteiger partial charge in [0.05, 0.1) is 5.38 Å². The Balaban J connectivity index is 2.01. The summed E-state index contributed by atoms with van der Waals surface area (Å²) in [4.78, 5) is 4.35. The van der Waals surface area contributed by atoms with Crippen molar-refractivity contribution in [2.75, 3.05) is 0 Å². The average Bonchev–Trinajstić information content (AvgIpc) is 2.95. The van der Waals surface area contributed by atoms with Gasteiger partial charge in [-0.25, -0.2) is 0 Å². The first kappa shape index (κ1) is 12.2. The van der Waals surface area contributed by atoms with Crippen LogP contribution in [0.1, 0.15) is 24.5 Å². The molecule has 0 fully saturated rings. The van der Waals surface area contributed by atoms with Gasteiger partial charge in [-0.15, -0.1) is 11.6 Å². The Kier molecular flexibility index (Phi) is 3.22. The number of hydrogen-bond acceptors (Lipinski definition) is 3. The maximum atomic E-state index is 6.10. The van der Waals surface area contributed by atoms with Gasteiger partial charge >= 0.3 is 0 Å². The molecule has 1 atom stereocenters. The van der Waals surface area contributed by atoms with Crippen LogP contribution in [0.4, 0.5) is 0 Å². The van der Waals surface area contributed by atoms with E-state index >= 15 is 0 Å². The lowest BCUT2D eigenvalue weighted by atomic mass is 10.1. The highest BCUT2D eigenvalue weighted by molar-refractivity contribution is 6.20. The molecule has 96 valence electrons. The Morgan fingerprint density at radius 1 is 1.16 bits per heavy atom. The molecule has 0 aliphatic heterocycles. The third kappa shape index (κ3) is 2.34. The number of hydrogen-bond donors (Lipinski definition) is 0. The van der Waals surface area contributed by atoms with Crippen molar-refractivity contribution in [1.29, 1.82) is 0 Å². The molecular weight excluding hydrogens is 260 g/mol. The van der Waals surface area contributed by atoms with Crippen LogP contribution in [0.3, 0.4) is 0 Å². The molecule has 3 aromatic rings. The van der Waals surface area contributed by atoms with E-state index in [9.17, 15) is 0 Å². The first-order valence-corrected chi connectivity index (χ1v) is 6.68. The smallest absolute Gasteiger partial charge is 0.257 e. The second-order valence-corrected chi connectivity index (χ2v) is 4.92. The van der Waals surface area contributed by atoms with Crippen LogP contribution in [0.15, 0.2) is 47.0 Å². The molecule has 19 heavy (non-hydrogen) atoms. The van der Waals surface area contributed by atoms with Gasteiger partial charge in [0, 0.05) is 5.56 Å². The van der Waals surface area contributed by atoms with Crippen molar-refractivity contribution >= 4 is 22.4 Å². The number of halogens is 1. The van der Waals surface area contributed by atoms with E-state index in [4.69, 9.17) is 16.1 Å². The highest BCUT2D eigenvalue weighted by atomic mass is 35.5. The summed E-state index contributed by atoms with van der Waals surface area (Å²) < 4.78 is 5.28. The molecule has 0 aliphatic carbocycles. The lowest BCUT2D eigenvalue weighted by Gasteiger charge is -1.99. The largest absolute Gasteiger partial charge is 0.334 e. The third-order valence-corrected chi connectivity index (χ3v) is 3.58. The fraction of sp³-hybridized carbons (Fsp3) is 0.200. The molecule has 4 heteroatoms. The Labute approximate surface area is 116 Å². The summed E-state index contributed by atoms with van der Waals surface area (Å²) in [5.41, 5.74) is 0.914. The molecule has 0 N–H and O–H groups in total. The standard InChI is InChI=1S/C15H13ClN2O/c1-2-13(16)14-17-15(19-18-14)12-8-7-10-5-3-4-6-11(10)9-12/h3-9,13H,2H2,1H3. The summed E-state index contributed by atoms with van der Waals surface area (Å²) in [6.07, 6.45) is 0.776. The van der Waals surface area contributed by atoms with Crippen LogP contribution in [0.25, 0.3) is 22.2 Å². The molecule has 0 spiro atoms. The summed E-state index contributed by atoms with van der Waals surface area (Å²) in [5, 5.41) is 6.07. The summed E-state index contributed by atoms with van der Waals surface area (Å²) in [6.45, 7) is 1.99. The van der Waals surface area contributed by atoms with E-state index in [-0.39, 0.29) is 5.38 Å². The van der Waals surface area contributed by atoms with Gasteiger partial charge in [-0.3, -0.25) is 0 Å². The molecule has 0 saturated carbocycles. The fourth-order valence-electron chi connectivity index (χ4n) is 1.98. The Morgan fingerprint density at radius 3 is 2.74 bits per heavy atom. The van der Waals surface area contributed by atoms with Crippen LogP contribution >= 0.6 is 11.6 Å². The number of aromatic nitrogens is 2. The number of benzene rings is 2. The second-order valence-electron chi connectivity index (χ2n) is 4.40. The Bertz CT molecular complexity index is 708. The number of rotatable bonds is 3. The van der Waals surface area contributed by atoms with Crippen LogP contribution in [-0.2, 0) is 0 Å². The van der Waals surface area contributed by atoms with Crippen molar-refractivity contribution in [2.24, 2.45) is 0 Å². The van der Waals surface area contributed by atoms with E-state index in [1.807, 2.05) is 37.3 Å². The van der Waals surface area contributed by atoms with Crippen LogP contribution in [0, 0.1) is 0 Å². The summed E-state index contributed by atoms with van der Waals surface area (Å²) in [7, 11) is 0. The highest BCUT2D eigenvalue weighted by Gasteiger charge is 2.15. The number of alkyl halides is 1. The lowest BCUT2D eigenvalue weighted by molar-refractivity contribution is 0.421. The van der Waals surface area contributed by atoms with Gasteiger partial charge < -0.3 is 4.52 Å². The number of nitrogens with zero attached hydrogens (tertiary/aromatic N) is 2. The van der Waals surface area contributed by atoms with Gasteiger partial charge in [0.2, 0.25) is 0 Å². The van der Waals surface area contributed by atoms with Crippen molar-refractivity contribution in [3.05, 3.63) is 48.3 Å². The van der Waals surface area contributed by atoms with Crippen LogP contribution in [0.5, 0.6) is 0 Å². The molecule has 0 aliphatic rings. The first-order valence-electron chi connectivity index (χ1n) is 6.25. The Morgan fingerprint density at radius 2 is 1.95 bits per heavy atom. The molecule has 0 radical (unpaired) electrons. The molecule has 1 heterocycles. The molecule has 2 aromatic carbocycles. The summed E-state index contributed by atoms with van der Waals surface area (Å²) in [5.74, 6) is 1.06. The molecule has 1 unspecified atom stereocenters. The van der Waals surface area contributed by atoms with E-state index in [2.05, 4.69) is 22.3 Å². The van der Waals surface area contributed by atoms with Gasteiger partial charge in [0.25, 0.3) is 5.89 Å². The zero-order valence-corrected chi connectivity index (χ0v) is 11.3. The van der Waals surface area contributed by atoms with Gasteiger partial charge in [-0.05, 0) is 29.3 Å². The zero-order valence-electron chi connectivity index (χ0n) is 10.5. The van der Waals surface area contributed by atoms with Crippen molar-refractivity contribution in [3.8, 4) is 11.5 Å². The first-order chi connectivity index (χ1) is 9.28. The number of fused-ring (bicyclic) bond motifs is 1. The van der Waals surface area contributed by atoms with Crippen molar-refractivity contribution < 1.29 is 4.52 Å². The molecule has 3 nitrogen and oxygen atoms in total. The van der Waals surface area contributed by atoms with Crippen molar-refractivity contribution in [1.82, 2.24) is 10.1 Å². The SMILES string of the molecule is CCC(Cl)c1noc(-c2ccc3ccccc3c2)n1. The molecule has 1 aromatic heterocycles. The fourth-order valence-corrected chi connectivity index (χ4v) is 2.07. The zero-order chi connectivity index (χ0) is 13.2. The normalized spacial score (nSPS) is 12.7. The maximum Gasteiger partial charge on any atom is 0.257 e. The van der Waals surface area contributed by atoms with E-state index < -0.39 is 0 Å². The molecule has 0 saturated heterocycles. The van der Waals surface area contributed by atoms with Crippen molar-refractivity contribution in [3.63, 3.8) is 0 Å². The van der Waals surface area contributed by atoms with Gasteiger partial charge in [0.1, 0.15) is 0 Å². The summed E-state index contributed by atoms with van der Waals surface area (Å²) in [6, 6.07) is 14.2. The molecular formula is C15H13ClN2O. The predicted octanol–water partition coefficient (Wildman–Crippen LogP) is 4.58. The quantitative estimate of drug-likeness (QED) is 0.655. The molecule has 0 bridgehead atoms. The van der Waals surface area contributed by atoms with E-state index in [0.717, 1.165) is 17.4 Å². The molecule has 3 rings (SSSR count). The van der Waals surface area contributed by atoms with Gasteiger partial charge in [-0.2, -0.15) is 4.98 Å². The summed E-state index contributed by atoms with van der Waals surface area (Å²) >= 11 is 6.10. The maximum absolute atomic E-state index is 6.10. The van der Waals surface area contributed by atoms with Gasteiger partial charge in [0.15, 0.2) is 5.82 Å². The average molecular weight is 273 g/mol. The van der Waals surface area contributed by atoms with E-state index in [1.165, 1.54) is 5.39 Å². The van der Waals surface area contributed by atoms with Crippen LogP contribution < -0.4 is 0 Å². The highest BCUT2D eigenvalue weighted by Crippen LogP contribution is 2.26. The monoisotopic (exact) mass is 272 g/mol. The molecule has 0 amide bonds. The second kappa shape index (κ2) is 5.02. The predicted molar refractivity (Wildman–Crippen MR) is 76.1 cm³/mol. The van der Waals surface area contributed by atoms with Gasteiger partial charge in [-0.1, -0.05) is 42.4 Å². The minimum absolute atomic E-state index is 0.196. The topological polar surface area (TPSA) is 38.9 Å². The van der Waals surface area contributed by atoms with Crippen LogP contribution in [0.2, 0.25) is 0 Å². The lowest BCUT2D eigenvalue weighted by Crippen LogP contribution is -1.90. The third-order valence-electron chi connectivity index (χ3n) is 3.08. The van der Waals surface area contributed by atoms with E-state index in [0.29, 0.717) is 11.7 Å². The minimum atomic E-state index is -0.196.